The first-order chi connectivity index (χ1) is 8.69. The van der Waals surface area contributed by atoms with Gasteiger partial charge in [0, 0.05) is 45.8 Å². The van der Waals surface area contributed by atoms with E-state index in [1.165, 1.54) is 16.7 Å². The standard InChI is InChI=1S/C15H25N3/c1-13-3-4-15(11-14(13)2)12-18-9-7-17(6-5-16)8-10-18/h3-4,11H,5-10,12,16H2,1-2H3. The number of aryl methyl sites for hydroxylation is 2. The molecule has 0 radical (unpaired) electrons. The summed E-state index contributed by atoms with van der Waals surface area (Å²) in [5.41, 5.74) is 9.81. The molecule has 0 atom stereocenters. The van der Waals surface area contributed by atoms with E-state index >= 15 is 0 Å². The second kappa shape index (κ2) is 6.32. The third-order valence-corrected chi connectivity index (χ3v) is 3.89. The molecular formula is C15H25N3. The zero-order chi connectivity index (χ0) is 13.0. The molecule has 18 heavy (non-hydrogen) atoms. The van der Waals surface area contributed by atoms with Crippen molar-refractivity contribution in [3.05, 3.63) is 34.9 Å². The van der Waals surface area contributed by atoms with E-state index in [1.54, 1.807) is 0 Å². The molecule has 3 heteroatoms. The van der Waals surface area contributed by atoms with Crippen LogP contribution in [0.15, 0.2) is 18.2 Å². The van der Waals surface area contributed by atoms with Crippen LogP contribution < -0.4 is 5.73 Å². The van der Waals surface area contributed by atoms with Crippen molar-refractivity contribution in [3.63, 3.8) is 0 Å². The summed E-state index contributed by atoms with van der Waals surface area (Å²) >= 11 is 0. The van der Waals surface area contributed by atoms with Crippen LogP contribution in [0.5, 0.6) is 0 Å². The molecule has 2 rings (SSSR count). The van der Waals surface area contributed by atoms with Gasteiger partial charge in [-0.05, 0) is 30.5 Å². The van der Waals surface area contributed by atoms with Gasteiger partial charge < -0.3 is 5.73 Å². The summed E-state index contributed by atoms with van der Waals surface area (Å²) in [5, 5.41) is 0. The predicted molar refractivity (Wildman–Crippen MR) is 76.7 cm³/mol. The highest BCUT2D eigenvalue weighted by Gasteiger charge is 2.16. The molecule has 3 nitrogen and oxygen atoms in total. The summed E-state index contributed by atoms with van der Waals surface area (Å²) in [6, 6.07) is 6.81. The molecule has 1 heterocycles. The van der Waals surface area contributed by atoms with E-state index in [4.69, 9.17) is 5.73 Å². The van der Waals surface area contributed by atoms with Gasteiger partial charge in [0.05, 0.1) is 0 Å². The Morgan fingerprint density at radius 1 is 1.00 bits per heavy atom. The Balaban J connectivity index is 1.85. The maximum Gasteiger partial charge on any atom is 0.0234 e. The first-order valence-electron chi connectivity index (χ1n) is 6.90. The molecule has 1 fully saturated rings. The summed E-state index contributed by atoms with van der Waals surface area (Å²) in [6.45, 7) is 11.9. The molecule has 0 bridgehead atoms. The molecule has 1 aliphatic heterocycles. The lowest BCUT2D eigenvalue weighted by molar-refractivity contribution is 0.130. The van der Waals surface area contributed by atoms with Crippen LogP contribution in [0, 0.1) is 13.8 Å². The van der Waals surface area contributed by atoms with Crippen LogP contribution in [0.1, 0.15) is 16.7 Å². The largest absolute Gasteiger partial charge is 0.329 e. The van der Waals surface area contributed by atoms with Crippen LogP contribution in [0.3, 0.4) is 0 Å². The van der Waals surface area contributed by atoms with E-state index in [-0.39, 0.29) is 0 Å². The maximum absolute atomic E-state index is 5.59. The molecule has 1 aromatic rings. The van der Waals surface area contributed by atoms with Gasteiger partial charge >= 0.3 is 0 Å². The predicted octanol–water partition coefficient (Wildman–Crippen LogP) is 1.38. The Labute approximate surface area is 111 Å². The van der Waals surface area contributed by atoms with Crippen LogP contribution in [-0.4, -0.2) is 49.1 Å². The normalized spacial score (nSPS) is 18.2. The molecule has 0 aromatic heterocycles. The minimum atomic E-state index is 0.775. The molecule has 1 aromatic carbocycles. The Morgan fingerprint density at radius 3 is 2.28 bits per heavy atom. The first kappa shape index (κ1) is 13.5. The van der Waals surface area contributed by atoms with Gasteiger partial charge in [-0.25, -0.2) is 0 Å². The Morgan fingerprint density at radius 2 is 1.67 bits per heavy atom. The molecule has 100 valence electrons. The summed E-state index contributed by atoms with van der Waals surface area (Å²) in [6.07, 6.45) is 0. The third-order valence-electron chi connectivity index (χ3n) is 3.89. The number of nitrogens with zero attached hydrogens (tertiary/aromatic N) is 2. The average molecular weight is 247 g/mol. The van der Waals surface area contributed by atoms with Gasteiger partial charge in [0.25, 0.3) is 0 Å². The van der Waals surface area contributed by atoms with Crippen LogP contribution in [0.25, 0.3) is 0 Å². The van der Waals surface area contributed by atoms with E-state index in [2.05, 4.69) is 41.8 Å². The van der Waals surface area contributed by atoms with Gasteiger partial charge in [-0.15, -0.1) is 0 Å². The quantitative estimate of drug-likeness (QED) is 0.872. The molecular weight excluding hydrogens is 222 g/mol. The van der Waals surface area contributed by atoms with Crippen molar-refractivity contribution in [2.75, 3.05) is 39.3 Å². The molecule has 0 saturated carbocycles. The van der Waals surface area contributed by atoms with Crippen molar-refractivity contribution in [1.29, 1.82) is 0 Å². The highest BCUT2D eigenvalue weighted by Crippen LogP contribution is 2.13. The number of rotatable bonds is 4. The smallest absolute Gasteiger partial charge is 0.0234 e. The topological polar surface area (TPSA) is 32.5 Å². The second-order valence-corrected chi connectivity index (χ2v) is 5.33. The Hall–Kier alpha value is -0.900. The molecule has 2 N–H and O–H groups in total. The van der Waals surface area contributed by atoms with Gasteiger partial charge in [-0.1, -0.05) is 18.2 Å². The van der Waals surface area contributed by atoms with Gasteiger partial charge in [0.2, 0.25) is 0 Å². The zero-order valence-corrected chi connectivity index (χ0v) is 11.7. The monoisotopic (exact) mass is 247 g/mol. The lowest BCUT2D eigenvalue weighted by Crippen LogP contribution is -2.47. The number of hydrogen-bond acceptors (Lipinski definition) is 3. The summed E-state index contributed by atoms with van der Waals surface area (Å²) < 4.78 is 0. The van der Waals surface area contributed by atoms with E-state index in [1.807, 2.05) is 0 Å². The SMILES string of the molecule is Cc1ccc(CN2CCN(CCN)CC2)cc1C. The minimum absolute atomic E-state index is 0.775. The van der Waals surface area contributed by atoms with Crippen molar-refractivity contribution >= 4 is 0 Å². The Bertz CT molecular complexity index is 381. The molecule has 1 aliphatic rings. The average Bonchev–Trinajstić information content (AvgIpc) is 2.37. The number of hydrogen-bond donors (Lipinski definition) is 1. The Kier molecular flexibility index (Phi) is 4.75. The maximum atomic E-state index is 5.59. The van der Waals surface area contributed by atoms with Crippen molar-refractivity contribution < 1.29 is 0 Å². The van der Waals surface area contributed by atoms with Crippen LogP contribution in [0.4, 0.5) is 0 Å². The third kappa shape index (κ3) is 3.55. The fourth-order valence-corrected chi connectivity index (χ4v) is 2.51. The molecule has 1 saturated heterocycles. The van der Waals surface area contributed by atoms with Gasteiger partial charge in [0.15, 0.2) is 0 Å². The van der Waals surface area contributed by atoms with Gasteiger partial charge in [-0.3, -0.25) is 9.80 Å². The molecule has 0 amide bonds. The summed E-state index contributed by atoms with van der Waals surface area (Å²) in [5.74, 6) is 0. The highest BCUT2D eigenvalue weighted by molar-refractivity contribution is 5.29. The van der Waals surface area contributed by atoms with E-state index < -0.39 is 0 Å². The second-order valence-electron chi connectivity index (χ2n) is 5.33. The van der Waals surface area contributed by atoms with Gasteiger partial charge in [-0.2, -0.15) is 0 Å². The van der Waals surface area contributed by atoms with E-state index in [0.717, 1.165) is 45.8 Å². The lowest BCUT2D eigenvalue weighted by Gasteiger charge is -2.34. The summed E-state index contributed by atoms with van der Waals surface area (Å²) in [4.78, 5) is 4.99. The van der Waals surface area contributed by atoms with E-state index in [9.17, 15) is 0 Å². The number of benzene rings is 1. The van der Waals surface area contributed by atoms with Crippen molar-refractivity contribution in [1.82, 2.24) is 9.80 Å². The van der Waals surface area contributed by atoms with Crippen LogP contribution in [0.2, 0.25) is 0 Å². The lowest BCUT2D eigenvalue weighted by atomic mass is 10.1. The van der Waals surface area contributed by atoms with Crippen molar-refractivity contribution in [2.45, 2.75) is 20.4 Å². The van der Waals surface area contributed by atoms with E-state index in [0.29, 0.717) is 0 Å². The van der Waals surface area contributed by atoms with Crippen LogP contribution in [-0.2, 0) is 6.54 Å². The molecule has 0 unspecified atom stereocenters. The van der Waals surface area contributed by atoms with Crippen molar-refractivity contribution in [2.24, 2.45) is 5.73 Å². The van der Waals surface area contributed by atoms with Crippen LogP contribution >= 0.6 is 0 Å². The van der Waals surface area contributed by atoms with Gasteiger partial charge in [0.1, 0.15) is 0 Å². The minimum Gasteiger partial charge on any atom is -0.329 e. The summed E-state index contributed by atoms with van der Waals surface area (Å²) in [7, 11) is 0. The number of piperazine rings is 1. The fraction of sp³-hybridized carbons (Fsp3) is 0.600. The molecule has 0 aliphatic carbocycles. The first-order valence-corrected chi connectivity index (χ1v) is 6.90. The zero-order valence-electron chi connectivity index (χ0n) is 11.7. The van der Waals surface area contributed by atoms with Crippen molar-refractivity contribution in [3.8, 4) is 0 Å². The fourth-order valence-electron chi connectivity index (χ4n) is 2.51. The number of nitrogens with two attached hydrogens (primary N) is 1. The molecule has 0 spiro atoms. The highest BCUT2D eigenvalue weighted by atomic mass is 15.3.